The van der Waals surface area contributed by atoms with Crippen LogP contribution in [0.2, 0.25) is 0 Å². The van der Waals surface area contributed by atoms with Crippen molar-refractivity contribution < 1.29 is 13.2 Å². The fourth-order valence-corrected chi connectivity index (χ4v) is 3.60. The second-order valence-corrected chi connectivity index (χ2v) is 7.83. The Bertz CT molecular complexity index is 939. The van der Waals surface area contributed by atoms with E-state index in [0.29, 0.717) is 18.1 Å². The molecule has 0 atom stereocenters. The molecular formula is C20H19NO3S. The van der Waals surface area contributed by atoms with Crippen molar-refractivity contribution in [2.75, 3.05) is 5.75 Å². The van der Waals surface area contributed by atoms with Gasteiger partial charge in [0.15, 0.2) is 15.6 Å². The summed E-state index contributed by atoms with van der Waals surface area (Å²) in [6, 6.07) is 20.4. The smallest absolute Gasteiger partial charge is 0.219 e. The Morgan fingerprint density at radius 3 is 2.36 bits per heavy atom. The fraction of sp³-hybridized carbons (Fsp3) is 0.150. The predicted molar refractivity (Wildman–Crippen MR) is 97.7 cm³/mol. The summed E-state index contributed by atoms with van der Waals surface area (Å²) >= 11 is 0. The number of rotatable bonds is 6. The van der Waals surface area contributed by atoms with E-state index in [4.69, 9.17) is 4.74 Å². The molecule has 0 bridgehead atoms. The molecule has 0 unspecified atom stereocenters. The van der Waals surface area contributed by atoms with E-state index in [-0.39, 0.29) is 10.6 Å². The lowest BCUT2D eigenvalue weighted by molar-refractivity contribution is 0.444. The van der Waals surface area contributed by atoms with Crippen molar-refractivity contribution in [2.24, 2.45) is 0 Å². The Morgan fingerprint density at radius 2 is 1.68 bits per heavy atom. The highest BCUT2D eigenvalue weighted by Gasteiger charge is 2.21. The van der Waals surface area contributed by atoms with Gasteiger partial charge in [0.05, 0.1) is 5.75 Å². The second-order valence-electron chi connectivity index (χ2n) is 5.58. The molecule has 0 spiro atoms. The van der Waals surface area contributed by atoms with E-state index in [1.54, 1.807) is 43.5 Å². The van der Waals surface area contributed by atoms with Gasteiger partial charge in [-0.1, -0.05) is 55.5 Å². The van der Waals surface area contributed by atoms with Crippen LogP contribution < -0.4 is 4.74 Å². The van der Waals surface area contributed by atoms with E-state index in [1.165, 1.54) is 0 Å². The molecule has 5 heteroatoms. The molecule has 2 aromatic carbocycles. The van der Waals surface area contributed by atoms with Gasteiger partial charge < -0.3 is 4.74 Å². The Kier molecular flexibility index (Phi) is 5.14. The first kappa shape index (κ1) is 17.2. The molecule has 0 fully saturated rings. The third kappa shape index (κ3) is 4.06. The van der Waals surface area contributed by atoms with Crippen molar-refractivity contribution in [3.8, 4) is 11.6 Å². The Balaban J connectivity index is 2.09. The molecule has 0 radical (unpaired) electrons. The van der Waals surface area contributed by atoms with Crippen LogP contribution in [0, 0.1) is 0 Å². The standard InChI is InChI=1S/C20H19NO3S/c1-2-25(22,23)18-12-8-11-17(15-16-9-4-3-5-10-16)20(18)24-19-13-6-7-14-21-19/h3-14H,2,15H2,1H3. The van der Waals surface area contributed by atoms with Crippen molar-refractivity contribution in [1.82, 2.24) is 4.98 Å². The Morgan fingerprint density at radius 1 is 0.920 bits per heavy atom. The summed E-state index contributed by atoms with van der Waals surface area (Å²) < 4.78 is 30.9. The summed E-state index contributed by atoms with van der Waals surface area (Å²) in [5, 5.41) is 0. The number of aromatic nitrogens is 1. The minimum absolute atomic E-state index is 0.0143. The summed E-state index contributed by atoms with van der Waals surface area (Å²) in [4.78, 5) is 4.36. The van der Waals surface area contributed by atoms with Gasteiger partial charge in [-0.25, -0.2) is 13.4 Å². The number of para-hydroxylation sites is 1. The highest BCUT2D eigenvalue weighted by Crippen LogP contribution is 2.33. The number of hydrogen-bond donors (Lipinski definition) is 0. The average molecular weight is 353 g/mol. The minimum Gasteiger partial charge on any atom is -0.437 e. The van der Waals surface area contributed by atoms with Gasteiger partial charge in [-0.05, 0) is 17.7 Å². The number of sulfone groups is 1. The average Bonchev–Trinajstić information content (AvgIpc) is 2.65. The first-order valence-electron chi connectivity index (χ1n) is 8.07. The van der Waals surface area contributed by atoms with E-state index in [1.807, 2.05) is 36.4 Å². The van der Waals surface area contributed by atoms with Crippen LogP contribution in [0.25, 0.3) is 0 Å². The monoisotopic (exact) mass is 353 g/mol. The molecule has 0 saturated heterocycles. The first-order chi connectivity index (χ1) is 12.1. The van der Waals surface area contributed by atoms with Crippen molar-refractivity contribution >= 4 is 9.84 Å². The molecule has 1 heterocycles. The van der Waals surface area contributed by atoms with Crippen LogP contribution in [-0.2, 0) is 16.3 Å². The topological polar surface area (TPSA) is 56.3 Å². The molecule has 3 rings (SSSR count). The van der Waals surface area contributed by atoms with Crippen molar-refractivity contribution in [2.45, 2.75) is 18.2 Å². The summed E-state index contributed by atoms with van der Waals surface area (Å²) in [5.41, 5.74) is 1.89. The molecule has 25 heavy (non-hydrogen) atoms. The van der Waals surface area contributed by atoms with Gasteiger partial charge >= 0.3 is 0 Å². The van der Waals surface area contributed by atoms with Gasteiger partial charge in [-0.15, -0.1) is 0 Å². The molecule has 0 aliphatic carbocycles. The largest absolute Gasteiger partial charge is 0.437 e. The van der Waals surface area contributed by atoms with Crippen LogP contribution in [0.5, 0.6) is 11.6 Å². The number of benzene rings is 2. The molecule has 0 saturated carbocycles. The predicted octanol–water partition coefficient (Wildman–Crippen LogP) is 4.26. The quantitative estimate of drug-likeness (QED) is 0.664. The third-order valence-electron chi connectivity index (χ3n) is 3.86. The lowest BCUT2D eigenvalue weighted by Crippen LogP contribution is -2.08. The number of nitrogens with zero attached hydrogens (tertiary/aromatic N) is 1. The summed E-state index contributed by atoms with van der Waals surface area (Å²) in [6.07, 6.45) is 2.19. The zero-order valence-corrected chi connectivity index (χ0v) is 14.7. The lowest BCUT2D eigenvalue weighted by Gasteiger charge is -2.15. The summed E-state index contributed by atoms with van der Waals surface area (Å²) in [7, 11) is -3.42. The lowest BCUT2D eigenvalue weighted by atomic mass is 10.0. The van der Waals surface area contributed by atoms with E-state index < -0.39 is 9.84 Å². The van der Waals surface area contributed by atoms with Crippen LogP contribution in [-0.4, -0.2) is 19.2 Å². The van der Waals surface area contributed by atoms with E-state index in [9.17, 15) is 8.42 Å². The maximum absolute atomic E-state index is 12.5. The first-order valence-corrected chi connectivity index (χ1v) is 9.73. The normalized spacial score (nSPS) is 11.2. The highest BCUT2D eigenvalue weighted by molar-refractivity contribution is 7.91. The van der Waals surface area contributed by atoms with E-state index in [0.717, 1.165) is 11.1 Å². The summed E-state index contributed by atoms with van der Waals surface area (Å²) in [5.74, 6) is 0.739. The van der Waals surface area contributed by atoms with E-state index in [2.05, 4.69) is 4.98 Å². The molecule has 0 amide bonds. The maximum Gasteiger partial charge on any atom is 0.219 e. The van der Waals surface area contributed by atoms with Crippen LogP contribution in [0.4, 0.5) is 0 Å². The van der Waals surface area contributed by atoms with Gasteiger partial charge in [0, 0.05) is 24.2 Å². The zero-order chi connectivity index (χ0) is 17.7. The van der Waals surface area contributed by atoms with Crippen LogP contribution in [0.15, 0.2) is 77.8 Å². The van der Waals surface area contributed by atoms with Gasteiger partial charge in [0.25, 0.3) is 0 Å². The van der Waals surface area contributed by atoms with E-state index >= 15 is 0 Å². The Hall–Kier alpha value is -2.66. The highest BCUT2D eigenvalue weighted by atomic mass is 32.2. The Labute approximate surface area is 148 Å². The molecule has 0 N–H and O–H groups in total. The molecule has 0 aliphatic rings. The van der Waals surface area contributed by atoms with Crippen molar-refractivity contribution in [3.05, 3.63) is 84.1 Å². The van der Waals surface area contributed by atoms with Gasteiger partial charge in [0.1, 0.15) is 4.90 Å². The molecule has 128 valence electrons. The number of ether oxygens (including phenoxy) is 1. The van der Waals surface area contributed by atoms with Crippen LogP contribution in [0.3, 0.4) is 0 Å². The molecule has 4 nitrogen and oxygen atoms in total. The van der Waals surface area contributed by atoms with Gasteiger partial charge in [0.2, 0.25) is 5.88 Å². The molecule has 3 aromatic rings. The molecular weight excluding hydrogens is 334 g/mol. The van der Waals surface area contributed by atoms with Crippen LogP contribution >= 0.6 is 0 Å². The maximum atomic E-state index is 12.5. The van der Waals surface area contributed by atoms with Crippen molar-refractivity contribution in [3.63, 3.8) is 0 Å². The number of pyridine rings is 1. The zero-order valence-electron chi connectivity index (χ0n) is 13.9. The van der Waals surface area contributed by atoms with Gasteiger partial charge in [-0.2, -0.15) is 0 Å². The fourth-order valence-electron chi connectivity index (χ4n) is 2.54. The van der Waals surface area contributed by atoms with Crippen LogP contribution in [0.1, 0.15) is 18.1 Å². The number of hydrogen-bond acceptors (Lipinski definition) is 4. The minimum atomic E-state index is -3.42. The molecule has 1 aromatic heterocycles. The molecule has 0 aliphatic heterocycles. The summed E-state index contributed by atoms with van der Waals surface area (Å²) in [6.45, 7) is 1.63. The third-order valence-corrected chi connectivity index (χ3v) is 5.61. The van der Waals surface area contributed by atoms with Gasteiger partial charge in [-0.3, -0.25) is 0 Å². The second kappa shape index (κ2) is 7.49. The van der Waals surface area contributed by atoms with Crippen molar-refractivity contribution in [1.29, 1.82) is 0 Å². The SMILES string of the molecule is CCS(=O)(=O)c1cccc(Cc2ccccc2)c1Oc1ccccn1.